The van der Waals surface area contributed by atoms with Crippen molar-refractivity contribution >= 4 is 21.8 Å². The van der Waals surface area contributed by atoms with Gasteiger partial charge < -0.3 is 14.8 Å². The first-order valence-electron chi connectivity index (χ1n) is 9.35. The summed E-state index contributed by atoms with van der Waals surface area (Å²) in [6.45, 7) is 0.341. The molecule has 2 aliphatic rings. The number of nitrogens with one attached hydrogen (secondary N) is 1. The maximum absolute atomic E-state index is 12.8. The number of sulfone groups is 1. The van der Waals surface area contributed by atoms with Crippen LogP contribution in [0.25, 0.3) is 0 Å². The Kier molecular flexibility index (Phi) is 6.30. The Morgan fingerprint density at radius 3 is 2.50 bits per heavy atom. The maximum atomic E-state index is 12.8. The Bertz CT molecular complexity index is 962. The van der Waals surface area contributed by atoms with Crippen LogP contribution in [-0.4, -0.2) is 56.1 Å². The average molecular weight is 444 g/mol. The normalized spacial score (nSPS) is 23.5. The highest BCUT2D eigenvalue weighted by molar-refractivity contribution is 7.91. The van der Waals surface area contributed by atoms with Crippen LogP contribution in [0.15, 0.2) is 35.5 Å². The third-order valence-electron chi connectivity index (χ3n) is 5.03. The molecule has 30 heavy (non-hydrogen) atoms. The Morgan fingerprint density at radius 2 is 1.97 bits per heavy atom. The van der Waals surface area contributed by atoms with Crippen molar-refractivity contribution in [3.05, 3.63) is 41.1 Å². The number of rotatable bonds is 6. The van der Waals surface area contributed by atoms with E-state index in [1.165, 1.54) is 29.2 Å². The van der Waals surface area contributed by atoms with E-state index in [0.717, 1.165) is 0 Å². The second-order valence-corrected chi connectivity index (χ2v) is 9.21. The van der Waals surface area contributed by atoms with E-state index in [-0.39, 0.29) is 35.9 Å². The Balaban J connectivity index is 1.99. The first kappa shape index (κ1) is 22.0. The lowest BCUT2D eigenvalue weighted by molar-refractivity contribution is -0.139. The maximum Gasteiger partial charge on any atom is 0.387 e. The van der Waals surface area contributed by atoms with E-state index in [9.17, 15) is 26.8 Å². The van der Waals surface area contributed by atoms with E-state index >= 15 is 0 Å². The van der Waals surface area contributed by atoms with Crippen LogP contribution >= 0.6 is 0 Å². The molecule has 1 aromatic rings. The Labute approximate surface area is 172 Å². The first-order valence-corrected chi connectivity index (χ1v) is 11.2. The fourth-order valence-corrected chi connectivity index (χ4v) is 5.44. The van der Waals surface area contributed by atoms with Gasteiger partial charge in [-0.05, 0) is 38.0 Å². The van der Waals surface area contributed by atoms with Crippen LogP contribution < -0.4 is 10.1 Å². The summed E-state index contributed by atoms with van der Waals surface area (Å²) in [6.07, 6.45) is 0.271. The Morgan fingerprint density at radius 1 is 1.30 bits per heavy atom. The van der Waals surface area contributed by atoms with Crippen LogP contribution in [0.2, 0.25) is 0 Å². The van der Waals surface area contributed by atoms with Crippen molar-refractivity contribution in [1.82, 2.24) is 10.2 Å². The number of hydrogen-bond acceptors (Lipinski definition) is 6. The predicted octanol–water partition coefficient (Wildman–Crippen LogP) is 2.38. The minimum atomic E-state index is -3.26. The zero-order chi connectivity index (χ0) is 22.1. The molecule has 2 amide bonds. The summed E-state index contributed by atoms with van der Waals surface area (Å²) in [5, 5.41) is 2.71. The number of allylic oxidation sites excluding steroid dienone is 1. The van der Waals surface area contributed by atoms with Crippen molar-refractivity contribution in [3.63, 3.8) is 0 Å². The summed E-state index contributed by atoms with van der Waals surface area (Å²) in [7, 11) is -3.26. The molecule has 8 nitrogen and oxygen atoms in total. The van der Waals surface area contributed by atoms with Crippen LogP contribution in [0.1, 0.15) is 31.9 Å². The van der Waals surface area contributed by atoms with Gasteiger partial charge in [-0.25, -0.2) is 18.0 Å². The molecular weight excluding hydrogens is 422 g/mol. The van der Waals surface area contributed by atoms with E-state index < -0.39 is 40.5 Å². The van der Waals surface area contributed by atoms with Crippen LogP contribution in [0.4, 0.5) is 13.6 Å². The molecule has 0 aromatic heterocycles. The molecule has 0 radical (unpaired) electrons. The van der Waals surface area contributed by atoms with Gasteiger partial charge in [0.1, 0.15) is 5.75 Å². The predicted molar refractivity (Wildman–Crippen MR) is 103 cm³/mol. The van der Waals surface area contributed by atoms with Crippen molar-refractivity contribution in [3.8, 4) is 5.75 Å². The topological polar surface area (TPSA) is 102 Å². The highest BCUT2D eigenvalue weighted by Crippen LogP contribution is 2.35. The molecule has 1 fully saturated rings. The lowest BCUT2D eigenvalue weighted by atomic mass is 9.94. The molecular formula is C19H22F2N2O6S. The molecule has 0 spiro atoms. The van der Waals surface area contributed by atoms with Gasteiger partial charge in [-0.2, -0.15) is 8.78 Å². The second-order valence-electron chi connectivity index (χ2n) is 6.98. The van der Waals surface area contributed by atoms with Crippen molar-refractivity contribution in [2.45, 2.75) is 39.0 Å². The minimum Gasteiger partial charge on any atom is -0.463 e. The molecule has 2 heterocycles. The molecule has 0 unspecified atom stereocenters. The first-order chi connectivity index (χ1) is 14.1. The van der Waals surface area contributed by atoms with Gasteiger partial charge in [-0.3, -0.25) is 4.90 Å². The zero-order valence-electron chi connectivity index (χ0n) is 16.4. The van der Waals surface area contributed by atoms with Gasteiger partial charge in [0, 0.05) is 5.70 Å². The monoisotopic (exact) mass is 444 g/mol. The summed E-state index contributed by atoms with van der Waals surface area (Å²) >= 11 is 0. The van der Waals surface area contributed by atoms with Crippen LogP contribution in [-0.2, 0) is 19.4 Å². The molecule has 0 bridgehead atoms. The number of ether oxygens (including phenoxy) is 2. The van der Waals surface area contributed by atoms with Gasteiger partial charge in [0.25, 0.3) is 0 Å². The van der Waals surface area contributed by atoms with E-state index in [4.69, 9.17) is 4.74 Å². The fraction of sp³-hybridized carbons (Fsp3) is 0.474. The molecule has 1 aromatic carbocycles. The van der Waals surface area contributed by atoms with Gasteiger partial charge in [0.05, 0.1) is 35.8 Å². The van der Waals surface area contributed by atoms with Gasteiger partial charge in [-0.1, -0.05) is 12.1 Å². The number of alkyl halides is 2. The molecule has 164 valence electrons. The summed E-state index contributed by atoms with van der Waals surface area (Å²) < 4.78 is 58.0. The highest BCUT2D eigenvalue weighted by Gasteiger charge is 2.42. The number of urea groups is 1. The van der Waals surface area contributed by atoms with Crippen LogP contribution in [0, 0.1) is 0 Å². The smallest absolute Gasteiger partial charge is 0.387 e. The fourth-order valence-electron chi connectivity index (χ4n) is 3.74. The lowest BCUT2D eigenvalue weighted by Gasteiger charge is -2.38. The third-order valence-corrected chi connectivity index (χ3v) is 6.78. The average Bonchev–Trinajstić information content (AvgIpc) is 3.01. The van der Waals surface area contributed by atoms with E-state index in [1.54, 1.807) is 13.8 Å². The molecule has 0 aliphatic carbocycles. The molecule has 11 heteroatoms. The number of carbonyl (C=O) groups is 2. The Hall–Kier alpha value is -2.69. The lowest BCUT2D eigenvalue weighted by Crippen LogP contribution is -2.52. The summed E-state index contributed by atoms with van der Waals surface area (Å²) in [6, 6.07) is 3.54. The van der Waals surface area contributed by atoms with Gasteiger partial charge in [0.2, 0.25) is 0 Å². The molecule has 1 N–H and O–H groups in total. The van der Waals surface area contributed by atoms with Crippen molar-refractivity contribution in [1.29, 1.82) is 0 Å². The van der Waals surface area contributed by atoms with Crippen molar-refractivity contribution < 1.29 is 36.3 Å². The highest BCUT2D eigenvalue weighted by atomic mass is 32.2. The van der Waals surface area contributed by atoms with Gasteiger partial charge >= 0.3 is 18.6 Å². The number of benzene rings is 1. The molecule has 2 atom stereocenters. The number of nitrogens with zero attached hydrogens (tertiary/aromatic N) is 1. The third kappa shape index (κ3) is 4.55. The van der Waals surface area contributed by atoms with Crippen molar-refractivity contribution in [2.24, 2.45) is 0 Å². The second kappa shape index (κ2) is 8.58. The SMILES string of the molecule is CCOC(=O)C1=C(C)N([C@@H]2CCS(=O)(=O)C2)C(=O)N[C@@H]1c1ccc(OC(F)F)cc1. The molecule has 0 saturated carbocycles. The van der Waals surface area contributed by atoms with Crippen molar-refractivity contribution in [2.75, 3.05) is 18.1 Å². The van der Waals surface area contributed by atoms with E-state index in [1.807, 2.05) is 0 Å². The quantitative estimate of drug-likeness (QED) is 0.676. The summed E-state index contributed by atoms with van der Waals surface area (Å²) in [5.41, 5.74) is 0.923. The van der Waals surface area contributed by atoms with E-state index in [0.29, 0.717) is 11.3 Å². The minimum absolute atomic E-state index is 0.0293. The number of halogens is 2. The van der Waals surface area contributed by atoms with Gasteiger partial charge in [-0.15, -0.1) is 0 Å². The zero-order valence-corrected chi connectivity index (χ0v) is 17.2. The number of esters is 1. The molecule has 2 aliphatic heterocycles. The standard InChI is InChI=1S/C19H22F2N2O6S/c1-3-28-17(24)15-11(2)23(13-8-9-30(26,27)10-13)19(25)22-16(15)12-4-6-14(7-5-12)29-18(20)21/h4-7,13,16,18H,3,8-10H2,1-2H3,(H,22,25)/t13-,16-/m1/s1. The summed E-state index contributed by atoms with van der Waals surface area (Å²) in [4.78, 5) is 26.8. The van der Waals surface area contributed by atoms with Crippen LogP contribution in [0.3, 0.4) is 0 Å². The van der Waals surface area contributed by atoms with Gasteiger partial charge in [0.15, 0.2) is 9.84 Å². The van der Waals surface area contributed by atoms with Crippen LogP contribution in [0.5, 0.6) is 5.75 Å². The molecule has 3 rings (SSSR count). The number of hydrogen-bond donors (Lipinski definition) is 1. The largest absolute Gasteiger partial charge is 0.463 e. The summed E-state index contributed by atoms with van der Waals surface area (Å²) in [5.74, 6) is -0.928. The molecule has 1 saturated heterocycles. The number of carbonyl (C=O) groups excluding carboxylic acids is 2. The number of amides is 2. The van der Waals surface area contributed by atoms with E-state index in [2.05, 4.69) is 10.1 Å².